The van der Waals surface area contributed by atoms with Crippen LogP contribution in [0.25, 0.3) is 0 Å². The SMILES string of the molecule is COC[C@]1(C)Cn2ncc(S(N)(=O)=NC(=O)Nc3c4c(c(F)c5c3CC5)CC4)c2O1. The molecule has 2 amide bonds. The highest BCUT2D eigenvalue weighted by atomic mass is 32.2. The number of fused-ring (bicyclic) bond motifs is 3. The Kier molecular flexibility index (Phi) is 4.21. The normalized spacial score (nSPS) is 22.5. The van der Waals surface area contributed by atoms with Crippen LogP contribution in [0.15, 0.2) is 15.5 Å². The number of ether oxygens (including phenoxy) is 2. The van der Waals surface area contributed by atoms with Crippen LogP contribution >= 0.6 is 0 Å². The van der Waals surface area contributed by atoms with Crippen LogP contribution in [-0.4, -0.2) is 39.3 Å². The number of nitrogens with zero attached hydrogens (tertiary/aromatic N) is 3. The standard InChI is InChI=1S/C19H22FN5O4S/c1-19(9-28-2)8-25-17(29-19)14(7-22-25)30(21,27)24-18(26)23-16-12-5-3-10(12)15(20)11-4-6-13(11)16/h7H,3-6,8-9H2,1-2H3,(H3,21,23,24,26,27)/t19-,30?/m0/s1. The molecule has 0 fully saturated rings. The van der Waals surface area contributed by atoms with Crippen molar-refractivity contribution in [2.24, 2.45) is 9.50 Å². The number of hydrogen-bond donors (Lipinski definition) is 2. The topological polar surface area (TPSA) is 121 Å². The monoisotopic (exact) mass is 435 g/mol. The van der Waals surface area contributed by atoms with Gasteiger partial charge in [-0.2, -0.15) is 5.10 Å². The van der Waals surface area contributed by atoms with Crippen molar-refractivity contribution < 1.29 is 22.9 Å². The van der Waals surface area contributed by atoms with E-state index < -0.39 is 21.5 Å². The quantitative estimate of drug-likeness (QED) is 0.760. The summed E-state index contributed by atoms with van der Waals surface area (Å²) in [6.45, 7) is 2.53. The van der Waals surface area contributed by atoms with E-state index >= 15 is 0 Å². The first-order valence-electron chi connectivity index (χ1n) is 9.67. The molecule has 2 aliphatic carbocycles. The number of benzene rings is 1. The van der Waals surface area contributed by atoms with Crippen LogP contribution in [-0.2, 0) is 46.9 Å². The Balaban J connectivity index is 1.44. The zero-order chi connectivity index (χ0) is 21.3. The van der Waals surface area contributed by atoms with E-state index in [1.165, 1.54) is 10.9 Å². The average molecular weight is 435 g/mol. The Morgan fingerprint density at radius 3 is 2.57 bits per heavy atom. The van der Waals surface area contributed by atoms with Crippen molar-refractivity contribution in [3.8, 4) is 5.88 Å². The summed E-state index contributed by atoms with van der Waals surface area (Å²) >= 11 is 0. The van der Waals surface area contributed by atoms with Crippen molar-refractivity contribution in [1.29, 1.82) is 0 Å². The van der Waals surface area contributed by atoms with E-state index in [1.807, 2.05) is 6.92 Å². The van der Waals surface area contributed by atoms with E-state index in [-0.39, 0.29) is 16.6 Å². The third-order valence-electron chi connectivity index (χ3n) is 5.91. The molecular formula is C19H22FN5O4S. The highest BCUT2D eigenvalue weighted by Gasteiger charge is 2.39. The molecule has 30 heavy (non-hydrogen) atoms. The third kappa shape index (κ3) is 2.83. The van der Waals surface area contributed by atoms with Crippen LogP contribution in [0.3, 0.4) is 0 Å². The third-order valence-corrected chi connectivity index (χ3v) is 7.26. The fourth-order valence-corrected chi connectivity index (χ4v) is 5.33. The molecule has 3 aliphatic rings. The molecule has 0 bridgehead atoms. The van der Waals surface area contributed by atoms with E-state index in [0.717, 1.165) is 11.1 Å². The van der Waals surface area contributed by atoms with Crippen LogP contribution in [0.1, 0.15) is 29.2 Å². The summed E-state index contributed by atoms with van der Waals surface area (Å²) in [7, 11) is -2.05. The predicted molar refractivity (Wildman–Crippen MR) is 106 cm³/mol. The molecule has 5 rings (SSSR count). The molecule has 2 aromatic rings. The van der Waals surface area contributed by atoms with Crippen LogP contribution in [0.5, 0.6) is 5.88 Å². The molecule has 3 N–H and O–H groups in total. The number of aromatic nitrogens is 2. The van der Waals surface area contributed by atoms with Crippen molar-refractivity contribution in [2.75, 3.05) is 19.0 Å². The minimum atomic E-state index is -3.61. The summed E-state index contributed by atoms with van der Waals surface area (Å²) in [5.41, 5.74) is 2.80. The first kappa shape index (κ1) is 19.5. The molecule has 1 aromatic carbocycles. The summed E-state index contributed by atoms with van der Waals surface area (Å²) < 4.78 is 43.7. The molecule has 1 unspecified atom stereocenters. The van der Waals surface area contributed by atoms with Crippen molar-refractivity contribution in [3.05, 3.63) is 34.3 Å². The predicted octanol–water partition coefficient (Wildman–Crippen LogP) is 1.95. The molecule has 2 heterocycles. The maximum absolute atomic E-state index is 14.3. The van der Waals surface area contributed by atoms with Crippen molar-refractivity contribution in [3.63, 3.8) is 0 Å². The maximum Gasteiger partial charge on any atom is 0.354 e. The number of methoxy groups -OCH3 is 1. The molecule has 0 saturated carbocycles. The van der Waals surface area contributed by atoms with Gasteiger partial charge in [-0.3, -0.25) is 0 Å². The lowest BCUT2D eigenvalue weighted by Gasteiger charge is -2.32. The van der Waals surface area contributed by atoms with Gasteiger partial charge in [-0.05, 0) is 54.9 Å². The summed E-state index contributed by atoms with van der Waals surface area (Å²) in [5, 5.41) is 12.8. The van der Waals surface area contributed by atoms with Gasteiger partial charge in [0.05, 0.1) is 19.3 Å². The fourth-order valence-electron chi connectivity index (χ4n) is 4.34. The number of rotatable bonds is 4. The van der Waals surface area contributed by atoms with Crippen LogP contribution in [0, 0.1) is 5.82 Å². The van der Waals surface area contributed by atoms with E-state index in [0.29, 0.717) is 55.6 Å². The lowest BCUT2D eigenvalue weighted by atomic mass is 9.76. The number of carbonyl (C=O) groups excluding carboxylic acids is 1. The van der Waals surface area contributed by atoms with Crippen molar-refractivity contribution in [1.82, 2.24) is 9.78 Å². The van der Waals surface area contributed by atoms with Gasteiger partial charge < -0.3 is 14.8 Å². The second-order valence-electron chi connectivity index (χ2n) is 8.15. The van der Waals surface area contributed by atoms with E-state index in [4.69, 9.17) is 14.6 Å². The lowest BCUT2D eigenvalue weighted by molar-refractivity contribution is 0.0165. The van der Waals surface area contributed by atoms with Gasteiger partial charge in [0.25, 0.3) is 0 Å². The molecule has 0 spiro atoms. The Morgan fingerprint density at radius 1 is 1.37 bits per heavy atom. The van der Waals surface area contributed by atoms with Gasteiger partial charge in [-0.15, -0.1) is 4.36 Å². The van der Waals surface area contributed by atoms with Gasteiger partial charge in [0.1, 0.15) is 10.7 Å². The van der Waals surface area contributed by atoms with Gasteiger partial charge in [-0.25, -0.2) is 23.2 Å². The number of urea groups is 1. The van der Waals surface area contributed by atoms with Gasteiger partial charge >= 0.3 is 6.03 Å². The molecule has 0 saturated heterocycles. The highest BCUT2D eigenvalue weighted by molar-refractivity contribution is 7.91. The number of carbonyl (C=O) groups is 1. The molecule has 160 valence electrons. The minimum absolute atomic E-state index is 0.0533. The highest BCUT2D eigenvalue weighted by Crippen LogP contribution is 2.43. The first-order valence-corrected chi connectivity index (χ1v) is 11.2. The number of hydrogen-bond acceptors (Lipinski definition) is 5. The number of halogens is 1. The van der Waals surface area contributed by atoms with E-state index in [9.17, 15) is 13.4 Å². The van der Waals surface area contributed by atoms with Crippen molar-refractivity contribution in [2.45, 2.75) is 49.6 Å². The molecule has 1 aliphatic heterocycles. The Morgan fingerprint density at radius 2 is 2.00 bits per heavy atom. The number of nitrogens with two attached hydrogens (primary N) is 1. The first-order chi connectivity index (χ1) is 14.2. The van der Waals surface area contributed by atoms with Crippen LogP contribution in [0.2, 0.25) is 0 Å². The van der Waals surface area contributed by atoms with Crippen molar-refractivity contribution >= 4 is 21.6 Å². The van der Waals surface area contributed by atoms with Crippen LogP contribution < -0.4 is 15.2 Å². The summed E-state index contributed by atoms with van der Waals surface area (Å²) in [4.78, 5) is 12.6. The van der Waals surface area contributed by atoms with E-state index in [2.05, 4.69) is 14.8 Å². The molecule has 9 nitrogen and oxygen atoms in total. The molecule has 2 atom stereocenters. The van der Waals surface area contributed by atoms with Gasteiger partial charge in [0.2, 0.25) is 5.88 Å². The molecule has 0 radical (unpaired) electrons. The second-order valence-corrected chi connectivity index (χ2v) is 9.91. The maximum atomic E-state index is 14.3. The lowest BCUT2D eigenvalue weighted by Crippen LogP contribution is -2.36. The van der Waals surface area contributed by atoms with Gasteiger partial charge in [0, 0.05) is 12.8 Å². The zero-order valence-electron chi connectivity index (χ0n) is 16.7. The summed E-state index contributed by atoms with van der Waals surface area (Å²) in [6, 6.07) is -0.838. The smallest absolute Gasteiger partial charge is 0.354 e. The fraction of sp³-hybridized carbons (Fsp3) is 0.474. The molecule has 11 heteroatoms. The number of nitrogens with one attached hydrogen (secondary N) is 1. The average Bonchev–Trinajstić information content (AvgIpc) is 3.07. The summed E-state index contributed by atoms with van der Waals surface area (Å²) in [5.74, 6) is 0.0651. The largest absolute Gasteiger partial charge is 0.466 e. The summed E-state index contributed by atoms with van der Waals surface area (Å²) in [6.07, 6.45) is 3.99. The molecular weight excluding hydrogens is 413 g/mol. The Hall–Kier alpha value is -2.50. The number of anilines is 1. The Bertz CT molecular complexity index is 1180. The number of amides is 2. The van der Waals surface area contributed by atoms with Gasteiger partial charge in [-0.1, -0.05) is 0 Å². The minimum Gasteiger partial charge on any atom is -0.466 e. The molecule has 1 aromatic heterocycles. The Labute approximate surface area is 173 Å². The van der Waals surface area contributed by atoms with Gasteiger partial charge in [0.15, 0.2) is 15.5 Å². The van der Waals surface area contributed by atoms with Crippen LogP contribution in [0.4, 0.5) is 14.9 Å². The zero-order valence-corrected chi connectivity index (χ0v) is 17.5. The van der Waals surface area contributed by atoms with E-state index in [1.54, 1.807) is 7.11 Å². The second kappa shape index (κ2) is 6.50.